The van der Waals surface area contributed by atoms with Crippen LogP contribution >= 0.6 is 11.6 Å². The minimum Gasteiger partial charge on any atom is -0.496 e. The zero-order valence-electron chi connectivity index (χ0n) is 11.5. The molecule has 0 aliphatic rings. The van der Waals surface area contributed by atoms with E-state index in [4.69, 9.17) is 21.1 Å². The van der Waals surface area contributed by atoms with Gasteiger partial charge in [-0.25, -0.2) is 9.59 Å². The fraction of sp³-hybridized carbons (Fsp3) is 0.308. The third kappa shape index (κ3) is 5.31. The number of amides is 2. The van der Waals surface area contributed by atoms with Crippen molar-refractivity contribution in [2.24, 2.45) is 0 Å². The topological polar surface area (TPSA) is 90.9 Å². The van der Waals surface area contributed by atoms with Gasteiger partial charge in [0, 0.05) is 5.02 Å². The first-order valence-electron chi connectivity index (χ1n) is 5.95. The first-order valence-corrected chi connectivity index (χ1v) is 6.33. The maximum Gasteiger partial charge on any atom is 0.413 e. The van der Waals surface area contributed by atoms with Crippen molar-refractivity contribution in [2.75, 3.05) is 20.3 Å². The summed E-state index contributed by atoms with van der Waals surface area (Å²) in [6.07, 6.45) is -0.904. The van der Waals surface area contributed by atoms with Gasteiger partial charge in [-0.3, -0.25) is 10.1 Å². The molecule has 1 N–H and O–H groups in total. The Morgan fingerprint density at radius 1 is 1.24 bits per heavy atom. The number of hydrogen-bond donors (Lipinski definition) is 1. The molecule has 1 rings (SSSR count). The quantitative estimate of drug-likeness (QED) is 0.833. The van der Waals surface area contributed by atoms with Crippen LogP contribution in [0.2, 0.25) is 5.02 Å². The summed E-state index contributed by atoms with van der Waals surface area (Å²) < 4.78 is 14.3. The molecule has 114 valence electrons. The lowest BCUT2D eigenvalue weighted by atomic mass is 10.2. The molecule has 0 aromatic heterocycles. The number of benzene rings is 1. The summed E-state index contributed by atoms with van der Waals surface area (Å²) in [5, 5.41) is 2.21. The molecule has 0 spiro atoms. The lowest BCUT2D eigenvalue weighted by Gasteiger charge is -2.09. The van der Waals surface area contributed by atoms with Gasteiger partial charge in [0.2, 0.25) is 0 Å². The highest BCUT2D eigenvalue weighted by Gasteiger charge is 2.17. The van der Waals surface area contributed by atoms with Crippen LogP contribution in [-0.4, -0.2) is 38.3 Å². The minimum absolute atomic E-state index is 0.0777. The van der Waals surface area contributed by atoms with E-state index in [9.17, 15) is 14.4 Å². The Labute approximate surface area is 126 Å². The normalized spacial score (nSPS) is 9.67. The first-order chi connectivity index (χ1) is 9.97. The van der Waals surface area contributed by atoms with Crippen molar-refractivity contribution < 1.29 is 28.6 Å². The summed E-state index contributed by atoms with van der Waals surface area (Å²) in [4.78, 5) is 34.2. The molecule has 7 nitrogen and oxygen atoms in total. The van der Waals surface area contributed by atoms with Crippen molar-refractivity contribution in [1.82, 2.24) is 5.32 Å². The van der Waals surface area contributed by atoms with Crippen molar-refractivity contribution in [3.63, 3.8) is 0 Å². The molecule has 1 aromatic rings. The lowest BCUT2D eigenvalue weighted by Crippen LogP contribution is -2.34. The zero-order chi connectivity index (χ0) is 15.8. The van der Waals surface area contributed by atoms with E-state index in [1.807, 2.05) is 5.32 Å². The van der Waals surface area contributed by atoms with Gasteiger partial charge < -0.3 is 14.2 Å². The lowest BCUT2D eigenvalue weighted by molar-refractivity contribution is -0.123. The van der Waals surface area contributed by atoms with E-state index < -0.39 is 24.6 Å². The molecule has 0 saturated heterocycles. The van der Waals surface area contributed by atoms with Gasteiger partial charge in [-0.2, -0.15) is 0 Å². The fourth-order valence-corrected chi connectivity index (χ4v) is 1.54. The molecule has 0 radical (unpaired) electrons. The molecule has 0 saturated carbocycles. The predicted octanol–water partition coefficient (Wildman–Crippen LogP) is 1.78. The maximum atomic E-state index is 11.8. The Kier molecular flexibility index (Phi) is 6.48. The number of rotatable bonds is 5. The van der Waals surface area contributed by atoms with Crippen LogP contribution in [0, 0.1) is 0 Å². The van der Waals surface area contributed by atoms with Crippen LogP contribution in [0.1, 0.15) is 17.3 Å². The number of carbonyl (C=O) groups excluding carboxylic acids is 3. The summed E-state index contributed by atoms with van der Waals surface area (Å²) in [6, 6.07) is 4.40. The number of carbonyl (C=O) groups is 3. The molecule has 0 unspecified atom stereocenters. The molecule has 0 fully saturated rings. The SMILES string of the molecule is CCOC(=O)NC(=O)COC(=O)c1cc(Cl)ccc1OC. The molecular weight excluding hydrogens is 302 g/mol. The number of methoxy groups -OCH3 is 1. The number of nitrogens with one attached hydrogen (secondary N) is 1. The van der Waals surface area contributed by atoms with Crippen LogP contribution < -0.4 is 10.1 Å². The third-order valence-corrected chi connectivity index (χ3v) is 2.47. The van der Waals surface area contributed by atoms with Gasteiger partial charge in [-0.15, -0.1) is 0 Å². The molecule has 0 bridgehead atoms. The summed E-state index contributed by atoms with van der Waals surface area (Å²) in [6.45, 7) is 1.08. The van der Waals surface area contributed by atoms with E-state index in [1.165, 1.54) is 19.2 Å². The molecule has 0 heterocycles. The van der Waals surface area contributed by atoms with Gasteiger partial charge in [-0.1, -0.05) is 11.6 Å². The molecular formula is C13H14ClNO6. The highest BCUT2D eigenvalue weighted by Crippen LogP contribution is 2.23. The standard InChI is InChI=1S/C13H14ClNO6/c1-3-20-13(18)15-11(16)7-21-12(17)9-6-8(14)4-5-10(9)19-2/h4-6H,3,7H2,1-2H3,(H,15,16,18). The van der Waals surface area contributed by atoms with Crippen molar-refractivity contribution >= 4 is 29.6 Å². The van der Waals surface area contributed by atoms with Crippen LogP contribution in [-0.2, 0) is 14.3 Å². The Balaban J connectivity index is 2.60. The number of alkyl carbamates (subject to hydrolysis) is 1. The number of ether oxygens (including phenoxy) is 3. The van der Waals surface area contributed by atoms with E-state index in [2.05, 4.69) is 4.74 Å². The minimum atomic E-state index is -0.904. The third-order valence-electron chi connectivity index (χ3n) is 2.23. The highest BCUT2D eigenvalue weighted by molar-refractivity contribution is 6.31. The van der Waals surface area contributed by atoms with Crippen LogP contribution in [0.25, 0.3) is 0 Å². The number of imide groups is 1. The van der Waals surface area contributed by atoms with E-state index in [1.54, 1.807) is 13.0 Å². The van der Waals surface area contributed by atoms with Crippen LogP contribution in [0.5, 0.6) is 5.75 Å². The maximum absolute atomic E-state index is 11.8. The zero-order valence-corrected chi connectivity index (χ0v) is 12.2. The van der Waals surface area contributed by atoms with E-state index in [-0.39, 0.29) is 17.9 Å². The van der Waals surface area contributed by atoms with Gasteiger partial charge in [0.15, 0.2) is 6.61 Å². The Morgan fingerprint density at radius 2 is 1.95 bits per heavy atom. The monoisotopic (exact) mass is 315 g/mol. The molecule has 0 aliphatic carbocycles. The predicted molar refractivity (Wildman–Crippen MR) is 73.5 cm³/mol. The number of hydrogen-bond acceptors (Lipinski definition) is 6. The van der Waals surface area contributed by atoms with Crippen LogP contribution in [0.3, 0.4) is 0 Å². The van der Waals surface area contributed by atoms with E-state index >= 15 is 0 Å². The molecule has 2 amide bonds. The second kappa shape index (κ2) is 8.11. The fourth-order valence-electron chi connectivity index (χ4n) is 1.37. The van der Waals surface area contributed by atoms with Crippen molar-refractivity contribution in [1.29, 1.82) is 0 Å². The van der Waals surface area contributed by atoms with Gasteiger partial charge in [-0.05, 0) is 25.1 Å². The number of esters is 1. The second-order valence-electron chi connectivity index (χ2n) is 3.69. The largest absolute Gasteiger partial charge is 0.496 e. The number of halogens is 1. The van der Waals surface area contributed by atoms with Crippen molar-refractivity contribution in [3.05, 3.63) is 28.8 Å². The molecule has 8 heteroatoms. The average Bonchev–Trinajstić information content (AvgIpc) is 2.44. The van der Waals surface area contributed by atoms with Crippen molar-refractivity contribution in [3.8, 4) is 5.75 Å². The average molecular weight is 316 g/mol. The molecule has 0 atom stereocenters. The van der Waals surface area contributed by atoms with Crippen molar-refractivity contribution in [2.45, 2.75) is 6.92 Å². The van der Waals surface area contributed by atoms with Gasteiger partial charge in [0.05, 0.1) is 13.7 Å². The highest BCUT2D eigenvalue weighted by atomic mass is 35.5. The Bertz CT molecular complexity index is 545. The molecule has 0 aliphatic heterocycles. The smallest absolute Gasteiger partial charge is 0.413 e. The van der Waals surface area contributed by atoms with E-state index in [0.717, 1.165) is 0 Å². The summed E-state index contributed by atoms with van der Waals surface area (Å²) in [5.41, 5.74) is 0.0777. The van der Waals surface area contributed by atoms with Gasteiger partial charge in [0.1, 0.15) is 11.3 Å². The van der Waals surface area contributed by atoms with E-state index in [0.29, 0.717) is 5.02 Å². The summed E-state index contributed by atoms with van der Waals surface area (Å²) in [7, 11) is 1.38. The van der Waals surface area contributed by atoms with Crippen LogP contribution in [0.15, 0.2) is 18.2 Å². The first kappa shape index (κ1) is 16.8. The van der Waals surface area contributed by atoms with Gasteiger partial charge >= 0.3 is 12.1 Å². The molecule has 1 aromatic carbocycles. The Morgan fingerprint density at radius 3 is 2.57 bits per heavy atom. The summed E-state index contributed by atoms with van der Waals surface area (Å²) >= 11 is 5.78. The summed E-state index contributed by atoms with van der Waals surface area (Å²) in [5.74, 6) is -1.34. The molecule has 21 heavy (non-hydrogen) atoms. The Hall–Kier alpha value is -2.28. The second-order valence-corrected chi connectivity index (χ2v) is 4.13. The van der Waals surface area contributed by atoms with Crippen LogP contribution in [0.4, 0.5) is 4.79 Å². The van der Waals surface area contributed by atoms with Gasteiger partial charge in [0.25, 0.3) is 5.91 Å².